The molecule has 0 aromatic carbocycles. The summed E-state index contributed by atoms with van der Waals surface area (Å²) in [7, 11) is 0. The van der Waals surface area contributed by atoms with Crippen LogP contribution in [0, 0.1) is 0 Å². The van der Waals surface area contributed by atoms with E-state index >= 15 is 0 Å². The summed E-state index contributed by atoms with van der Waals surface area (Å²) >= 11 is 0. The summed E-state index contributed by atoms with van der Waals surface area (Å²) in [5.74, 6) is 0.822. The third kappa shape index (κ3) is 3.25. The molecule has 0 atom stereocenters. The van der Waals surface area contributed by atoms with Crippen LogP contribution in [-0.2, 0) is 6.54 Å². The van der Waals surface area contributed by atoms with Crippen LogP contribution in [0.3, 0.4) is 0 Å². The van der Waals surface area contributed by atoms with Crippen molar-refractivity contribution in [2.45, 2.75) is 26.4 Å². The molecule has 1 heterocycles. The molecule has 72 valence electrons. The van der Waals surface area contributed by atoms with Gasteiger partial charge in [0.05, 0.1) is 6.54 Å². The van der Waals surface area contributed by atoms with Crippen molar-refractivity contribution < 1.29 is 0 Å². The van der Waals surface area contributed by atoms with E-state index in [0.29, 0.717) is 18.4 Å². The predicted molar refractivity (Wildman–Crippen MR) is 51.2 cm³/mol. The Morgan fingerprint density at radius 2 is 2.38 bits per heavy atom. The molecule has 1 aromatic rings. The minimum Gasteiger partial charge on any atom is -0.383 e. The summed E-state index contributed by atoms with van der Waals surface area (Å²) in [4.78, 5) is 17.5. The van der Waals surface area contributed by atoms with Gasteiger partial charge in [-0.15, -0.1) is 0 Å². The summed E-state index contributed by atoms with van der Waals surface area (Å²) in [6.45, 7) is 4.56. The van der Waals surface area contributed by atoms with Crippen LogP contribution >= 0.6 is 0 Å². The van der Waals surface area contributed by atoms with E-state index in [9.17, 15) is 4.79 Å². The highest BCUT2D eigenvalue weighted by Gasteiger charge is 1.98. The maximum absolute atomic E-state index is 11.0. The number of nitrogens with zero attached hydrogens (tertiary/aromatic N) is 1. The Labute approximate surface area is 76.4 Å². The Hall–Kier alpha value is -1.36. The van der Waals surface area contributed by atoms with Gasteiger partial charge < -0.3 is 16.0 Å². The molecule has 5 nitrogen and oxygen atoms in total. The third-order valence-corrected chi connectivity index (χ3v) is 1.49. The maximum Gasteiger partial charge on any atom is 0.253 e. The number of H-pyrrole nitrogens is 1. The van der Waals surface area contributed by atoms with Crippen molar-refractivity contribution in [2.24, 2.45) is 0 Å². The summed E-state index contributed by atoms with van der Waals surface area (Å²) in [6, 6.07) is 1.62. The number of aromatic amines is 1. The fraction of sp³-hybridized carbons (Fsp3) is 0.500. The van der Waals surface area contributed by atoms with Crippen molar-refractivity contribution in [2.75, 3.05) is 5.73 Å². The molecule has 4 N–H and O–H groups in total. The van der Waals surface area contributed by atoms with Crippen LogP contribution in [0.2, 0.25) is 0 Å². The number of hydrogen-bond acceptors (Lipinski definition) is 4. The van der Waals surface area contributed by atoms with E-state index in [1.54, 1.807) is 0 Å². The SMILES string of the molecule is CC(C)NCc1nc(N)cc(=O)[nH]1. The molecule has 0 aliphatic carbocycles. The van der Waals surface area contributed by atoms with Crippen molar-refractivity contribution in [3.63, 3.8) is 0 Å². The number of hydrogen-bond donors (Lipinski definition) is 3. The van der Waals surface area contributed by atoms with E-state index in [1.807, 2.05) is 13.8 Å². The van der Waals surface area contributed by atoms with E-state index < -0.39 is 0 Å². The number of aromatic nitrogens is 2. The average Bonchev–Trinajstić information content (AvgIpc) is 1.99. The Balaban J connectivity index is 2.72. The van der Waals surface area contributed by atoms with Crippen molar-refractivity contribution in [1.82, 2.24) is 15.3 Å². The lowest BCUT2D eigenvalue weighted by Gasteiger charge is -2.06. The smallest absolute Gasteiger partial charge is 0.253 e. The molecule has 0 aliphatic rings. The molecule has 0 radical (unpaired) electrons. The molecule has 0 spiro atoms. The van der Waals surface area contributed by atoms with Crippen LogP contribution in [0.4, 0.5) is 5.82 Å². The number of nitrogen functional groups attached to an aromatic ring is 1. The number of rotatable bonds is 3. The number of anilines is 1. The average molecular weight is 182 g/mol. The fourth-order valence-electron chi connectivity index (χ4n) is 0.913. The predicted octanol–water partition coefficient (Wildman–Crippen LogP) is -0.150. The van der Waals surface area contributed by atoms with Crippen molar-refractivity contribution >= 4 is 5.82 Å². The van der Waals surface area contributed by atoms with E-state index in [0.717, 1.165) is 0 Å². The van der Waals surface area contributed by atoms with Crippen LogP contribution in [0.5, 0.6) is 0 Å². The van der Waals surface area contributed by atoms with Gasteiger partial charge in [0.25, 0.3) is 5.56 Å². The van der Waals surface area contributed by atoms with E-state index in [-0.39, 0.29) is 11.4 Å². The quantitative estimate of drug-likeness (QED) is 0.607. The minimum atomic E-state index is -0.215. The molecule has 1 rings (SSSR count). The molecule has 0 saturated heterocycles. The summed E-state index contributed by atoms with van der Waals surface area (Å²) < 4.78 is 0. The molecular formula is C8H14N4O. The van der Waals surface area contributed by atoms with Gasteiger partial charge in [-0.2, -0.15) is 0 Å². The monoisotopic (exact) mass is 182 g/mol. The second kappa shape index (κ2) is 4.04. The molecule has 0 aliphatic heterocycles. The first-order valence-electron chi connectivity index (χ1n) is 4.17. The zero-order valence-electron chi connectivity index (χ0n) is 7.79. The standard InChI is InChI=1S/C8H14N4O/c1-5(2)10-4-7-11-6(9)3-8(13)12-7/h3,5,10H,4H2,1-2H3,(H3,9,11,12,13). The first-order valence-corrected chi connectivity index (χ1v) is 4.17. The Kier molecular flexibility index (Phi) is 3.02. The van der Waals surface area contributed by atoms with E-state index in [1.165, 1.54) is 6.07 Å². The second-order valence-electron chi connectivity index (χ2n) is 3.15. The zero-order valence-corrected chi connectivity index (χ0v) is 7.79. The molecule has 0 saturated carbocycles. The molecule has 0 fully saturated rings. The number of nitrogens with two attached hydrogens (primary N) is 1. The van der Waals surface area contributed by atoms with Gasteiger partial charge in [-0.05, 0) is 0 Å². The highest BCUT2D eigenvalue weighted by Crippen LogP contribution is 1.92. The lowest BCUT2D eigenvalue weighted by Crippen LogP contribution is -2.25. The number of nitrogens with one attached hydrogen (secondary N) is 2. The van der Waals surface area contributed by atoms with Gasteiger partial charge in [0.15, 0.2) is 0 Å². The zero-order chi connectivity index (χ0) is 9.84. The van der Waals surface area contributed by atoms with Crippen LogP contribution in [-0.4, -0.2) is 16.0 Å². The molecule has 0 amide bonds. The van der Waals surface area contributed by atoms with Gasteiger partial charge in [-0.1, -0.05) is 13.8 Å². The minimum absolute atomic E-state index is 0.215. The first kappa shape index (κ1) is 9.73. The summed E-state index contributed by atoms with van der Waals surface area (Å²) in [5, 5.41) is 3.13. The first-order chi connectivity index (χ1) is 6.08. The normalized spacial score (nSPS) is 10.7. The van der Waals surface area contributed by atoms with Gasteiger partial charge in [0.2, 0.25) is 0 Å². The van der Waals surface area contributed by atoms with Gasteiger partial charge >= 0.3 is 0 Å². The van der Waals surface area contributed by atoms with Gasteiger partial charge in [0.1, 0.15) is 11.6 Å². The molecule has 0 bridgehead atoms. The van der Waals surface area contributed by atoms with Gasteiger partial charge in [-0.25, -0.2) is 4.98 Å². The highest BCUT2D eigenvalue weighted by molar-refractivity contribution is 5.25. The largest absolute Gasteiger partial charge is 0.383 e. The highest BCUT2D eigenvalue weighted by atomic mass is 16.1. The third-order valence-electron chi connectivity index (χ3n) is 1.49. The van der Waals surface area contributed by atoms with Crippen LogP contribution in [0.15, 0.2) is 10.9 Å². The van der Waals surface area contributed by atoms with Crippen molar-refractivity contribution in [3.8, 4) is 0 Å². The van der Waals surface area contributed by atoms with Crippen LogP contribution in [0.25, 0.3) is 0 Å². The lowest BCUT2D eigenvalue weighted by atomic mass is 10.4. The summed E-state index contributed by atoms with van der Waals surface area (Å²) in [5.41, 5.74) is 5.19. The topological polar surface area (TPSA) is 83.8 Å². The fourth-order valence-corrected chi connectivity index (χ4v) is 0.913. The van der Waals surface area contributed by atoms with Crippen molar-refractivity contribution in [3.05, 3.63) is 22.2 Å². The lowest BCUT2D eigenvalue weighted by molar-refractivity contribution is 0.571. The molecule has 5 heteroatoms. The second-order valence-corrected chi connectivity index (χ2v) is 3.15. The maximum atomic E-state index is 11.0. The molecule has 1 aromatic heterocycles. The Bertz CT molecular complexity index is 331. The molecule has 13 heavy (non-hydrogen) atoms. The van der Waals surface area contributed by atoms with Gasteiger partial charge in [-0.3, -0.25) is 4.79 Å². The Morgan fingerprint density at radius 3 is 2.92 bits per heavy atom. The van der Waals surface area contributed by atoms with Gasteiger partial charge in [0, 0.05) is 12.1 Å². The van der Waals surface area contributed by atoms with Crippen molar-refractivity contribution in [1.29, 1.82) is 0 Å². The van der Waals surface area contributed by atoms with Crippen LogP contribution in [0.1, 0.15) is 19.7 Å². The van der Waals surface area contributed by atoms with E-state index in [4.69, 9.17) is 5.73 Å². The van der Waals surface area contributed by atoms with E-state index in [2.05, 4.69) is 15.3 Å². The summed E-state index contributed by atoms with van der Waals surface area (Å²) in [6.07, 6.45) is 0. The molecule has 0 unspecified atom stereocenters. The molecular weight excluding hydrogens is 168 g/mol. The Morgan fingerprint density at radius 1 is 1.69 bits per heavy atom. The van der Waals surface area contributed by atoms with Crippen LogP contribution < -0.4 is 16.6 Å².